The van der Waals surface area contributed by atoms with Gasteiger partial charge in [0.2, 0.25) is 0 Å². The SMILES string of the molecule is CC=CCOC(O)CBr. The van der Waals surface area contributed by atoms with Crippen LogP contribution in [0, 0.1) is 0 Å². The van der Waals surface area contributed by atoms with E-state index in [1.54, 1.807) is 0 Å². The normalized spacial score (nSPS) is 14.6. The van der Waals surface area contributed by atoms with Crippen molar-refractivity contribution in [1.29, 1.82) is 0 Å². The first kappa shape index (κ1) is 9.14. The van der Waals surface area contributed by atoms with Crippen molar-refractivity contribution >= 4 is 15.9 Å². The highest BCUT2D eigenvalue weighted by atomic mass is 79.9. The molecule has 54 valence electrons. The fraction of sp³-hybridized carbons (Fsp3) is 0.667. The number of aliphatic hydroxyl groups is 1. The molecule has 1 N–H and O–H groups in total. The Bertz CT molecular complexity index is 83.1. The molecule has 0 heterocycles. The summed E-state index contributed by atoms with van der Waals surface area (Å²) in [6.07, 6.45) is 3.04. The Hall–Kier alpha value is 0.140. The molecule has 0 fully saturated rings. The number of alkyl halides is 1. The molecule has 3 heteroatoms. The van der Waals surface area contributed by atoms with E-state index >= 15 is 0 Å². The second-order valence-corrected chi connectivity index (χ2v) is 2.16. The number of ether oxygens (including phenoxy) is 1. The van der Waals surface area contributed by atoms with Gasteiger partial charge in [-0.1, -0.05) is 28.1 Å². The van der Waals surface area contributed by atoms with Gasteiger partial charge in [-0.2, -0.15) is 0 Å². The third-order valence-corrected chi connectivity index (χ3v) is 1.31. The van der Waals surface area contributed by atoms with Crippen LogP contribution in [0.25, 0.3) is 0 Å². The van der Waals surface area contributed by atoms with Crippen LogP contribution in [0.2, 0.25) is 0 Å². The van der Waals surface area contributed by atoms with Gasteiger partial charge < -0.3 is 9.84 Å². The van der Waals surface area contributed by atoms with Crippen LogP contribution in [-0.4, -0.2) is 23.3 Å². The van der Waals surface area contributed by atoms with Crippen molar-refractivity contribution in [3.8, 4) is 0 Å². The molecule has 1 atom stereocenters. The average molecular weight is 195 g/mol. The summed E-state index contributed by atoms with van der Waals surface area (Å²) >= 11 is 3.07. The van der Waals surface area contributed by atoms with Crippen LogP contribution in [0.4, 0.5) is 0 Å². The Morgan fingerprint density at radius 2 is 2.44 bits per heavy atom. The van der Waals surface area contributed by atoms with Crippen LogP contribution in [0.1, 0.15) is 6.92 Å². The van der Waals surface area contributed by atoms with E-state index in [9.17, 15) is 0 Å². The molecule has 0 saturated heterocycles. The molecule has 1 unspecified atom stereocenters. The average Bonchev–Trinajstić information content (AvgIpc) is 1.89. The lowest BCUT2D eigenvalue weighted by Crippen LogP contribution is -2.12. The summed E-state index contributed by atoms with van der Waals surface area (Å²) < 4.78 is 4.85. The number of halogens is 1. The van der Waals surface area contributed by atoms with Crippen molar-refractivity contribution < 1.29 is 9.84 Å². The number of aliphatic hydroxyl groups excluding tert-OH is 1. The minimum atomic E-state index is -0.679. The van der Waals surface area contributed by atoms with Gasteiger partial charge in [0.25, 0.3) is 0 Å². The predicted octanol–water partition coefficient (Wildman–Crippen LogP) is 1.29. The lowest BCUT2D eigenvalue weighted by atomic mass is 10.5. The van der Waals surface area contributed by atoms with Gasteiger partial charge in [-0.05, 0) is 6.92 Å². The molecule has 0 aliphatic carbocycles. The summed E-state index contributed by atoms with van der Waals surface area (Å²) in [6.45, 7) is 2.38. The van der Waals surface area contributed by atoms with E-state index in [1.165, 1.54) is 0 Å². The van der Waals surface area contributed by atoms with Crippen molar-refractivity contribution in [1.82, 2.24) is 0 Å². The van der Waals surface area contributed by atoms with Gasteiger partial charge in [-0.25, -0.2) is 0 Å². The van der Waals surface area contributed by atoms with E-state index in [2.05, 4.69) is 15.9 Å². The highest BCUT2D eigenvalue weighted by molar-refractivity contribution is 9.09. The minimum absolute atomic E-state index is 0.463. The standard InChI is InChI=1S/C6H11BrO2/c1-2-3-4-9-6(8)5-7/h2-3,6,8H,4-5H2,1H3. The number of allylic oxidation sites excluding steroid dienone is 1. The molecule has 0 aromatic carbocycles. The topological polar surface area (TPSA) is 29.5 Å². The Kier molecular flexibility index (Phi) is 6.36. The monoisotopic (exact) mass is 194 g/mol. The van der Waals surface area contributed by atoms with Crippen LogP contribution in [0.3, 0.4) is 0 Å². The van der Waals surface area contributed by atoms with Gasteiger partial charge >= 0.3 is 0 Å². The quantitative estimate of drug-likeness (QED) is 0.416. The zero-order chi connectivity index (χ0) is 7.11. The van der Waals surface area contributed by atoms with E-state index in [1.807, 2.05) is 19.1 Å². The molecule has 0 bridgehead atoms. The van der Waals surface area contributed by atoms with Crippen molar-refractivity contribution in [3.05, 3.63) is 12.2 Å². The number of hydrogen-bond donors (Lipinski definition) is 1. The van der Waals surface area contributed by atoms with Crippen molar-refractivity contribution in [2.45, 2.75) is 13.2 Å². The van der Waals surface area contributed by atoms with Gasteiger partial charge in [0.05, 0.1) is 11.9 Å². The molecule has 0 saturated carbocycles. The number of hydrogen-bond acceptors (Lipinski definition) is 2. The van der Waals surface area contributed by atoms with Gasteiger partial charge in [-0.15, -0.1) is 0 Å². The molecule has 0 amide bonds. The maximum Gasteiger partial charge on any atom is 0.164 e. The fourth-order valence-electron chi connectivity index (χ4n) is 0.307. The molecule has 0 aromatic heterocycles. The van der Waals surface area contributed by atoms with Crippen LogP contribution in [0.5, 0.6) is 0 Å². The first-order valence-corrected chi connectivity index (χ1v) is 3.90. The second-order valence-electron chi connectivity index (χ2n) is 1.51. The molecular weight excluding hydrogens is 184 g/mol. The molecule has 0 rings (SSSR count). The van der Waals surface area contributed by atoms with Gasteiger partial charge in [0, 0.05) is 0 Å². The smallest absolute Gasteiger partial charge is 0.164 e. The molecule has 0 aromatic rings. The number of rotatable bonds is 4. The van der Waals surface area contributed by atoms with E-state index in [-0.39, 0.29) is 0 Å². The summed E-state index contributed by atoms with van der Waals surface area (Å²) in [7, 11) is 0. The summed E-state index contributed by atoms with van der Waals surface area (Å²) in [4.78, 5) is 0. The van der Waals surface area contributed by atoms with Crippen molar-refractivity contribution in [2.75, 3.05) is 11.9 Å². The molecule has 0 aliphatic heterocycles. The van der Waals surface area contributed by atoms with Crippen LogP contribution < -0.4 is 0 Å². The Morgan fingerprint density at radius 1 is 1.78 bits per heavy atom. The molecule has 2 nitrogen and oxygen atoms in total. The minimum Gasteiger partial charge on any atom is -0.367 e. The highest BCUT2D eigenvalue weighted by Gasteiger charge is 1.96. The van der Waals surface area contributed by atoms with E-state index in [0.717, 1.165) is 0 Å². The van der Waals surface area contributed by atoms with Gasteiger partial charge in [0.15, 0.2) is 6.29 Å². The third-order valence-electron chi connectivity index (χ3n) is 0.753. The molecular formula is C6H11BrO2. The second kappa shape index (κ2) is 6.26. The Morgan fingerprint density at radius 3 is 2.89 bits per heavy atom. The zero-order valence-corrected chi connectivity index (χ0v) is 6.97. The van der Waals surface area contributed by atoms with Gasteiger partial charge in [0.1, 0.15) is 0 Å². The maximum atomic E-state index is 8.78. The van der Waals surface area contributed by atoms with E-state index < -0.39 is 6.29 Å². The Balaban J connectivity index is 3.06. The van der Waals surface area contributed by atoms with Crippen LogP contribution in [-0.2, 0) is 4.74 Å². The van der Waals surface area contributed by atoms with Crippen LogP contribution in [0.15, 0.2) is 12.2 Å². The van der Waals surface area contributed by atoms with Crippen LogP contribution >= 0.6 is 15.9 Å². The van der Waals surface area contributed by atoms with Crippen molar-refractivity contribution in [3.63, 3.8) is 0 Å². The van der Waals surface area contributed by atoms with E-state index in [4.69, 9.17) is 9.84 Å². The van der Waals surface area contributed by atoms with Crippen molar-refractivity contribution in [2.24, 2.45) is 0 Å². The first-order valence-electron chi connectivity index (χ1n) is 2.78. The van der Waals surface area contributed by atoms with Gasteiger partial charge in [-0.3, -0.25) is 0 Å². The summed E-state index contributed by atoms with van der Waals surface area (Å²) in [6, 6.07) is 0. The Labute approximate surface area is 63.6 Å². The third kappa shape index (κ3) is 6.02. The lowest BCUT2D eigenvalue weighted by molar-refractivity contribution is -0.0695. The zero-order valence-electron chi connectivity index (χ0n) is 5.38. The molecule has 9 heavy (non-hydrogen) atoms. The lowest BCUT2D eigenvalue weighted by Gasteiger charge is -2.04. The van der Waals surface area contributed by atoms with E-state index in [0.29, 0.717) is 11.9 Å². The molecule has 0 spiro atoms. The molecule has 0 radical (unpaired) electrons. The summed E-state index contributed by atoms with van der Waals surface area (Å²) in [5, 5.41) is 9.24. The first-order chi connectivity index (χ1) is 4.31. The summed E-state index contributed by atoms with van der Waals surface area (Å²) in [5.41, 5.74) is 0. The largest absolute Gasteiger partial charge is 0.367 e. The maximum absolute atomic E-state index is 8.78. The fourth-order valence-corrected chi connectivity index (χ4v) is 0.494. The predicted molar refractivity (Wildman–Crippen MR) is 40.6 cm³/mol. The summed E-state index contributed by atoms with van der Waals surface area (Å²) in [5.74, 6) is 0. The highest BCUT2D eigenvalue weighted by Crippen LogP contribution is 1.91. The molecule has 0 aliphatic rings.